The van der Waals surface area contributed by atoms with E-state index in [1.54, 1.807) is 13.8 Å². The van der Waals surface area contributed by atoms with Crippen molar-refractivity contribution in [1.82, 2.24) is 8.61 Å². The lowest BCUT2D eigenvalue weighted by molar-refractivity contribution is -0.137. The third-order valence-electron chi connectivity index (χ3n) is 2.57. The molecule has 0 amide bonds. The Kier molecular flexibility index (Phi) is 4.28. The summed E-state index contributed by atoms with van der Waals surface area (Å²) in [6.07, 6.45) is 1.52. The van der Waals surface area contributed by atoms with Gasteiger partial charge >= 0.3 is 5.97 Å². The van der Waals surface area contributed by atoms with Crippen LogP contribution >= 0.6 is 0 Å². The second kappa shape index (κ2) is 5.11. The van der Waals surface area contributed by atoms with Gasteiger partial charge in [-0.15, -0.1) is 0 Å². The number of hydrogen-bond donors (Lipinski definition) is 1. The molecule has 1 saturated carbocycles. The van der Waals surface area contributed by atoms with Crippen LogP contribution in [0.2, 0.25) is 0 Å². The highest BCUT2D eigenvalue weighted by atomic mass is 32.2. The molecular weight excluding hydrogens is 232 g/mol. The Labute approximate surface area is 96.0 Å². The summed E-state index contributed by atoms with van der Waals surface area (Å²) in [5, 5.41) is 8.73. The largest absolute Gasteiger partial charge is 0.480 e. The molecule has 1 aliphatic carbocycles. The van der Waals surface area contributed by atoms with Gasteiger partial charge in [-0.2, -0.15) is 17.0 Å². The van der Waals surface area contributed by atoms with E-state index in [0.29, 0.717) is 13.1 Å². The molecule has 7 heteroatoms. The zero-order chi connectivity index (χ0) is 12.3. The molecule has 1 aliphatic rings. The summed E-state index contributed by atoms with van der Waals surface area (Å²) in [4.78, 5) is 10.7. The number of hydrogen-bond acceptors (Lipinski definition) is 3. The first-order valence-electron chi connectivity index (χ1n) is 5.42. The van der Waals surface area contributed by atoms with E-state index in [1.807, 2.05) is 0 Å². The van der Waals surface area contributed by atoms with Crippen molar-refractivity contribution in [1.29, 1.82) is 0 Å². The molecule has 1 fully saturated rings. The van der Waals surface area contributed by atoms with Crippen LogP contribution in [0.25, 0.3) is 0 Å². The maximum Gasteiger partial charge on any atom is 0.318 e. The fourth-order valence-corrected chi connectivity index (χ4v) is 3.40. The number of aliphatic carboxylic acids is 1. The normalized spacial score (nSPS) is 17.0. The standard InChI is InChI=1S/C9H18N2O4S/c1-3-10(4-2)16(14,15)11(7-9(12)13)8-5-6-8/h8H,3-7H2,1-2H3,(H,12,13). The molecule has 0 bridgehead atoms. The van der Waals surface area contributed by atoms with Gasteiger partial charge in [-0.05, 0) is 12.8 Å². The van der Waals surface area contributed by atoms with Gasteiger partial charge in [-0.25, -0.2) is 0 Å². The monoisotopic (exact) mass is 250 g/mol. The number of carboxylic acid groups (broad SMARTS) is 1. The van der Waals surface area contributed by atoms with Crippen molar-refractivity contribution >= 4 is 16.2 Å². The second-order valence-corrected chi connectivity index (χ2v) is 5.64. The number of nitrogens with zero attached hydrogens (tertiary/aromatic N) is 2. The minimum atomic E-state index is -3.61. The quantitative estimate of drug-likeness (QED) is 0.696. The minimum absolute atomic E-state index is 0.123. The van der Waals surface area contributed by atoms with Crippen molar-refractivity contribution in [2.24, 2.45) is 0 Å². The smallest absolute Gasteiger partial charge is 0.318 e. The molecular formula is C9H18N2O4S. The second-order valence-electron chi connectivity index (χ2n) is 3.76. The van der Waals surface area contributed by atoms with Gasteiger partial charge in [0, 0.05) is 19.1 Å². The Morgan fingerprint density at radius 1 is 1.31 bits per heavy atom. The van der Waals surface area contributed by atoms with E-state index in [2.05, 4.69) is 0 Å². The summed E-state index contributed by atoms with van der Waals surface area (Å²) in [5.74, 6) is -1.11. The van der Waals surface area contributed by atoms with Crippen LogP contribution in [0.3, 0.4) is 0 Å². The number of carboxylic acids is 1. The Morgan fingerprint density at radius 2 is 1.81 bits per heavy atom. The molecule has 0 heterocycles. The third-order valence-corrected chi connectivity index (χ3v) is 4.76. The van der Waals surface area contributed by atoms with Crippen LogP contribution in [0.5, 0.6) is 0 Å². The highest BCUT2D eigenvalue weighted by Crippen LogP contribution is 2.30. The summed E-state index contributed by atoms with van der Waals surface area (Å²) in [6, 6.07) is -0.123. The number of carbonyl (C=O) groups is 1. The van der Waals surface area contributed by atoms with E-state index < -0.39 is 22.7 Å². The lowest BCUT2D eigenvalue weighted by Crippen LogP contribution is -2.46. The highest BCUT2D eigenvalue weighted by Gasteiger charge is 2.40. The van der Waals surface area contributed by atoms with E-state index in [-0.39, 0.29) is 6.04 Å². The fourth-order valence-electron chi connectivity index (χ4n) is 1.59. The average Bonchev–Trinajstić information content (AvgIpc) is 2.98. The Morgan fingerprint density at radius 3 is 2.12 bits per heavy atom. The summed E-state index contributed by atoms with van der Waals surface area (Å²) in [7, 11) is -3.61. The Balaban J connectivity index is 2.87. The number of rotatable bonds is 7. The van der Waals surface area contributed by atoms with Gasteiger partial charge in [0.1, 0.15) is 6.54 Å². The first-order chi connectivity index (χ1) is 7.43. The van der Waals surface area contributed by atoms with Crippen LogP contribution in [0.1, 0.15) is 26.7 Å². The first-order valence-corrected chi connectivity index (χ1v) is 6.81. The first kappa shape index (κ1) is 13.4. The zero-order valence-corrected chi connectivity index (χ0v) is 10.4. The molecule has 0 saturated heterocycles. The van der Waals surface area contributed by atoms with Crippen molar-refractivity contribution in [2.45, 2.75) is 32.7 Å². The van der Waals surface area contributed by atoms with Crippen LogP contribution in [-0.2, 0) is 15.0 Å². The van der Waals surface area contributed by atoms with Crippen molar-refractivity contribution in [3.05, 3.63) is 0 Å². The van der Waals surface area contributed by atoms with E-state index in [9.17, 15) is 13.2 Å². The molecule has 16 heavy (non-hydrogen) atoms. The van der Waals surface area contributed by atoms with Crippen LogP contribution in [0, 0.1) is 0 Å². The third kappa shape index (κ3) is 2.93. The lowest BCUT2D eigenvalue weighted by atomic mass is 10.6. The van der Waals surface area contributed by atoms with Crippen LogP contribution in [0.4, 0.5) is 0 Å². The maximum absolute atomic E-state index is 12.1. The van der Waals surface area contributed by atoms with E-state index >= 15 is 0 Å². The summed E-state index contributed by atoms with van der Waals surface area (Å²) in [6.45, 7) is 3.77. The van der Waals surface area contributed by atoms with E-state index in [1.165, 1.54) is 4.31 Å². The van der Waals surface area contributed by atoms with Crippen molar-refractivity contribution in [3.63, 3.8) is 0 Å². The van der Waals surface area contributed by atoms with E-state index in [0.717, 1.165) is 17.1 Å². The predicted octanol–water partition coefficient (Wildman–Crippen LogP) is 0.122. The van der Waals surface area contributed by atoms with Gasteiger partial charge < -0.3 is 5.11 Å². The molecule has 0 spiro atoms. The van der Waals surface area contributed by atoms with Crippen molar-refractivity contribution in [3.8, 4) is 0 Å². The van der Waals surface area contributed by atoms with E-state index in [4.69, 9.17) is 5.11 Å². The van der Waals surface area contributed by atoms with Crippen LogP contribution in [-0.4, -0.2) is 53.8 Å². The molecule has 0 radical (unpaired) electrons. The molecule has 94 valence electrons. The maximum atomic E-state index is 12.1. The van der Waals surface area contributed by atoms with Crippen LogP contribution < -0.4 is 0 Å². The van der Waals surface area contributed by atoms with Crippen LogP contribution in [0.15, 0.2) is 0 Å². The minimum Gasteiger partial charge on any atom is -0.480 e. The molecule has 1 N–H and O–H groups in total. The van der Waals surface area contributed by atoms with Gasteiger partial charge in [-0.3, -0.25) is 4.79 Å². The lowest BCUT2D eigenvalue weighted by Gasteiger charge is -2.27. The zero-order valence-electron chi connectivity index (χ0n) is 9.59. The molecule has 1 rings (SSSR count). The Bertz CT molecular complexity index is 347. The molecule has 0 aromatic heterocycles. The van der Waals surface area contributed by atoms with Gasteiger partial charge in [0.2, 0.25) is 0 Å². The summed E-state index contributed by atoms with van der Waals surface area (Å²) < 4.78 is 26.6. The molecule has 0 atom stereocenters. The molecule has 0 aliphatic heterocycles. The SMILES string of the molecule is CCN(CC)S(=O)(=O)N(CC(=O)O)C1CC1. The van der Waals surface area contributed by atoms with Gasteiger partial charge in [-0.1, -0.05) is 13.8 Å². The van der Waals surface area contributed by atoms with Gasteiger partial charge in [0.05, 0.1) is 0 Å². The van der Waals surface area contributed by atoms with Gasteiger partial charge in [0.15, 0.2) is 0 Å². The fraction of sp³-hybridized carbons (Fsp3) is 0.889. The van der Waals surface area contributed by atoms with Gasteiger partial charge in [0.25, 0.3) is 10.2 Å². The Hall–Kier alpha value is -0.660. The topological polar surface area (TPSA) is 77.9 Å². The summed E-state index contributed by atoms with van der Waals surface area (Å²) in [5.41, 5.74) is 0. The molecule has 0 unspecified atom stereocenters. The highest BCUT2D eigenvalue weighted by molar-refractivity contribution is 7.86. The predicted molar refractivity (Wildman–Crippen MR) is 59.2 cm³/mol. The van der Waals surface area contributed by atoms with Crippen molar-refractivity contribution in [2.75, 3.05) is 19.6 Å². The summed E-state index contributed by atoms with van der Waals surface area (Å²) >= 11 is 0. The molecule has 0 aromatic rings. The molecule has 0 aromatic carbocycles. The average molecular weight is 250 g/mol. The molecule has 6 nitrogen and oxygen atoms in total. The van der Waals surface area contributed by atoms with Crippen molar-refractivity contribution < 1.29 is 18.3 Å².